The molecule has 4 aromatic rings. The fourth-order valence-electron chi connectivity index (χ4n) is 3.45. The number of nitrogens with one attached hydrogen (secondary N) is 2. The maximum absolute atomic E-state index is 13.4. The number of carbonyl (C=O) groups excluding carboxylic acids is 1. The van der Waals surface area contributed by atoms with Crippen molar-refractivity contribution < 1.29 is 21.6 Å². The minimum absolute atomic E-state index is 0.0205. The van der Waals surface area contributed by atoms with Gasteiger partial charge < -0.3 is 5.32 Å². The molecule has 0 aromatic heterocycles. The molecule has 0 aliphatic carbocycles. The van der Waals surface area contributed by atoms with Gasteiger partial charge in [-0.15, -0.1) is 0 Å². The number of amides is 1. The molecule has 2 N–H and O–H groups in total. The first-order chi connectivity index (χ1) is 18.0. The second-order valence-electron chi connectivity index (χ2n) is 7.99. The van der Waals surface area contributed by atoms with Gasteiger partial charge in [-0.3, -0.25) is 13.8 Å². The lowest BCUT2D eigenvalue weighted by molar-refractivity contribution is -0.114. The summed E-state index contributed by atoms with van der Waals surface area (Å²) in [6, 6.07) is 26.1. The van der Waals surface area contributed by atoms with Gasteiger partial charge in [0.15, 0.2) is 0 Å². The molecule has 0 radical (unpaired) electrons. The van der Waals surface area contributed by atoms with Crippen LogP contribution in [0.3, 0.4) is 0 Å². The molecule has 4 rings (SSSR count). The van der Waals surface area contributed by atoms with Gasteiger partial charge in [0.05, 0.1) is 15.5 Å². The summed E-state index contributed by atoms with van der Waals surface area (Å²) >= 11 is 9.18. The molecular weight excluding hydrogens is 614 g/mol. The highest BCUT2D eigenvalue weighted by Gasteiger charge is 2.27. The number of nitrogens with zero attached hydrogens (tertiary/aromatic N) is 1. The fourth-order valence-corrected chi connectivity index (χ4v) is 6.45. The van der Waals surface area contributed by atoms with E-state index in [1.54, 1.807) is 54.6 Å². The molecule has 1 amide bonds. The van der Waals surface area contributed by atoms with Crippen molar-refractivity contribution in [2.75, 3.05) is 20.9 Å². The van der Waals surface area contributed by atoms with Crippen molar-refractivity contribution in [3.63, 3.8) is 0 Å². The number of hydrogen-bond acceptors (Lipinski definition) is 5. The van der Waals surface area contributed by atoms with Crippen LogP contribution in [0.25, 0.3) is 0 Å². The standard InChI is InChI=1S/C26H21BrClN3O5S2/c27-19-5-4-6-23(17-19)31(38(35,36)25-7-2-1-3-8-25)18-26(32)29-21-13-15-24(16-14-21)37(33,34)30-22-11-9-20(28)10-12-22/h1-17,30H,18H2,(H,29,32). The van der Waals surface area contributed by atoms with Gasteiger partial charge in [0, 0.05) is 20.9 Å². The third-order valence-electron chi connectivity index (χ3n) is 5.26. The Balaban J connectivity index is 1.52. The van der Waals surface area contributed by atoms with Crippen LogP contribution in [-0.4, -0.2) is 29.3 Å². The number of sulfonamides is 2. The summed E-state index contributed by atoms with van der Waals surface area (Å²) in [5, 5.41) is 3.10. The van der Waals surface area contributed by atoms with E-state index in [0.717, 1.165) is 4.31 Å². The molecule has 196 valence electrons. The van der Waals surface area contributed by atoms with E-state index in [2.05, 4.69) is 26.0 Å². The van der Waals surface area contributed by atoms with Crippen LogP contribution in [0, 0.1) is 0 Å². The zero-order valence-corrected chi connectivity index (χ0v) is 23.6. The van der Waals surface area contributed by atoms with Crippen LogP contribution >= 0.6 is 27.5 Å². The molecule has 0 aliphatic heterocycles. The number of carbonyl (C=O) groups is 1. The lowest BCUT2D eigenvalue weighted by Gasteiger charge is -2.24. The molecule has 8 nitrogen and oxygen atoms in total. The molecule has 0 spiro atoms. The van der Waals surface area contributed by atoms with E-state index in [4.69, 9.17) is 11.6 Å². The van der Waals surface area contributed by atoms with Crippen LogP contribution in [-0.2, 0) is 24.8 Å². The first-order valence-corrected chi connectivity index (χ1v) is 15.2. The Hall–Kier alpha value is -3.38. The van der Waals surface area contributed by atoms with Gasteiger partial charge in [-0.05, 0) is 78.9 Å². The van der Waals surface area contributed by atoms with E-state index in [-0.39, 0.29) is 9.79 Å². The summed E-state index contributed by atoms with van der Waals surface area (Å²) < 4.78 is 56.3. The maximum atomic E-state index is 13.4. The third-order valence-corrected chi connectivity index (χ3v) is 9.19. The predicted octanol–water partition coefficient (Wildman–Crippen LogP) is 5.74. The molecule has 0 fully saturated rings. The number of halogens is 2. The fraction of sp³-hybridized carbons (Fsp3) is 0.0385. The number of hydrogen-bond donors (Lipinski definition) is 2. The van der Waals surface area contributed by atoms with Gasteiger partial charge in [-0.1, -0.05) is 51.8 Å². The van der Waals surface area contributed by atoms with Gasteiger partial charge in [0.2, 0.25) is 5.91 Å². The minimum atomic E-state index is -4.06. The largest absolute Gasteiger partial charge is 0.325 e. The third kappa shape index (κ3) is 6.73. The van der Waals surface area contributed by atoms with Crippen molar-refractivity contribution in [1.82, 2.24) is 0 Å². The van der Waals surface area contributed by atoms with Crippen LogP contribution < -0.4 is 14.3 Å². The van der Waals surface area contributed by atoms with Crippen LogP contribution in [0.2, 0.25) is 5.02 Å². The number of benzene rings is 4. The first kappa shape index (κ1) is 27.6. The molecule has 0 heterocycles. The first-order valence-electron chi connectivity index (χ1n) is 11.1. The molecule has 0 bridgehead atoms. The van der Waals surface area contributed by atoms with Crippen LogP contribution in [0.5, 0.6) is 0 Å². The van der Waals surface area contributed by atoms with Crippen molar-refractivity contribution in [2.45, 2.75) is 9.79 Å². The predicted molar refractivity (Wildman–Crippen MR) is 152 cm³/mol. The second kappa shape index (κ2) is 11.6. The molecule has 0 saturated heterocycles. The highest BCUT2D eigenvalue weighted by atomic mass is 79.9. The van der Waals surface area contributed by atoms with Gasteiger partial charge in [0.1, 0.15) is 6.54 Å². The Morgan fingerprint density at radius 1 is 0.763 bits per heavy atom. The number of rotatable bonds is 9. The average Bonchev–Trinajstić information content (AvgIpc) is 2.89. The minimum Gasteiger partial charge on any atom is -0.325 e. The van der Waals surface area contributed by atoms with E-state index in [9.17, 15) is 21.6 Å². The molecule has 0 aliphatic rings. The van der Waals surface area contributed by atoms with Crippen molar-refractivity contribution in [1.29, 1.82) is 0 Å². The summed E-state index contributed by atoms with van der Waals surface area (Å²) in [5.74, 6) is -0.612. The topological polar surface area (TPSA) is 113 Å². The Labute approximate surface area is 234 Å². The lowest BCUT2D eigenvalue weighted by atomic mass is 10.3. The molecule has 4 aromatic carbocycles. The molecule has 0 saturated carbocycles. The van der Waals surface area contributed by atoms with E-state index < -0.39 is 32.5 Å². The molecule has 0 unspecified atom stereocenters. The van der Waals surface area contributed by atoms with Gasteiger partial charge in [0.25, 0.3) is 20.0 Å². The van der Waals surface area contributed by atoms with Crippen molar-refractivity contribution in [2.24, 2.45) is 0 Å². The summed E-state index contributed by atoms with van der Waals surface area (Å²) in [5.41, 5.74) is 0.943. The summed E-state index contributed by atoms with van der Waals surface area (Å²) in [4.78, 5) is 13.0. The Morgan fingerprint density at radius 2 is 1.39 bits per heavy atom. The molecule has 38 heavy (non-hydrogen) atoms. The van der Waals surface area contributed by atoms with Gasteiger partial charge in [-0.25, -0.2) is 16.8 Å². The van der Waals surface area contributed by atoms with E-state index in [0.29, 0.717) is 26.6 Å². The summed E-state index contributed by atoms with van der Waals surface area (Å²) in [6.07, 6.45) is 0. The van der Waals surface area contributed by atoms with E-state index in [1.807, 2.05) is 0 Å². The van der Waals surface area contributed by atoms with Crippen LogP contribution in [0.4, 0.5) is 17.1 Å². The smallest absolute Gasteiger partial charge is 0.264 e. The summed E-state index contributed by atoms with van der Waals surface area (Å²) in [7, 11) is -7.94. The Bertz CT molecular complexity index is 1650. The Kier molecular flexibility index (Phi) is 8.41. The molecular formula is C26H21BrClN3O5S2. The van der Waals surface area contributed by atoms with Gasteiger partial charge >= 0.3 is 0 Å². The van der Waals surface area contributed by atoms with Crippen molar-refractivity contribution in [3.05, 3.63) is 113 Å². The van der Waals surface area contributed by atoms with Crippen LogP contribution in [0.1, 0.15) is 0 Å². The maximum Gasteiger partial charge on any atom is 0.264 e. The highest BCUT2D eigenvalue weighted by Crippen LogP contribution is 2.26. The SMILES string of the molecule is O=C(CN(c1cccc(Br)c1)S(=O)(=O)c1ccccc1)Nc1ccc(S(=O)(=O)Nc2ccc(Cl)cc2)cc1. The zero-order chi connectivity index (χ0) is 27.3. The quantitative estimate of drug-likeness (QED) is 0.244. The highest BCUT2D eigenvalue weighted by molar-refractivity contribution is 9.10. The van der Waals surface area contributed by atoms with Crippen molar-refractivity contribution >= 4 is 70.5 Å². The van der Waals surface area contributed by atoms with Crippen LogP contribution in [0.15, 0.2) is 117 Å². The molecule has 0 atom stereocenters. The normalized spacial score (nSPS) is 11.5. The zero-order valence-electron chi connectivity index (χ0n) is 19.6. The Morgan fingerprint density at radius 3 is 2.03 bits per heavy atom. The lowest BCUT2D eigenvalue weighted by Crippen LogP contribution is -2.38. The summed E-state index contributed by atoms with van der Waals surface area (Å²) in [6.45, 7) is -0.508. The second-order valence-corrected chi connectivity index (χ2v) is 12.9. The average molecular weight is 635 g/mol. The monoisotopic (exact) mass is 633 g/mol. The molecule has 12 heteroatoms. The van der Waals surface area contributed by atoms with E-state index in [1.165, 1.54) is 48.5 Å². The van der Waals surface area contributed by atoms with Gasteiger partial charge in [-0.2, -0.15) is 0 Å². The van der Waals surface area contributed by atoms with Crippen molar-refractivity contribution in [3.8, 4) is 0 Å². The number of anilines is 3. The van der Waals surface area contributed by atoms with E-state index >= 15 is 0 Å².